The molecule has 0 aromatic heterocycles. The predicted octanol–water partition coefficient (Wildman–Crippen LogP) is 2.29. The number of ether oxygens (including phenoxy) is 2. The number of benzene rings is 1. The van der Waals surface area contributed by atoms with Gasteiger partial charge in [0.1, 0.15) is 17.7 Å². The summed E-state index contributed by atoms with van der Waals surface area (Å²) in [6.45, 7) is 3.81. The third-order valence-electron chi connectivity index (χ3n) is 3.95. The van der Waals surface area contributed by atoms with Crippen molar-refractivity contribution in [3.8, 4) is 5.75 Å². The number of hydrogen-bond donors (Lipinski definition) is 1. The molecule has 0 saturated carbocycles. The summed E-state index contributed by atoms with van der Waals surface area (Å²) < 4.78 is 24.9. The van der Waals surface area contributed by atoms with Crippen molar-refractivity contribution in [3.05, 3.63) is 29.6 Å². The topological polar surface area (TPSA) is 30.5 Å². The number of halogens is 1. The molecule has 3 atom stereocenters. The minimum atomic E-state index is -0.200. The maximum atomic E-state index is 13.1. The zero-order valence-corrected chi connectivity index (χ0v) is 11.2. The van der Waals surface area contributed by atoms with Gasteiger partial charge in [0.05, 0.1) is 12.7 Å². The van der Waals surface area contributed by atoms with Gasteiger partial charge in [0.2, 0.25) is 0 Å². The van der Waals surface area contributed by atoms with Crippen LogP contribution in [-0.4, -0.2) is 31.4 Å². The molecule has 1 saturated heterocycles. The van der Waals surface area contributed by atoms with Crippen LogP contribution in [0.4, 0.5) is 4.39 Å². The van der Waals surface area contributed by atoms with Crippen LogP contribution in [0.1, 0.15) is 25.3 Å². The van der Waals surface area contributed by atoms with E-state index < -0.39 is 0 Å². The van der Waals surface area contributed by atoms with Gasteiger partial charge in [0.15, 0.2) is 0 Å². The standard InChI is InChI=1S/C15H20FNO2/c1-10-14(3-2-6-17-10)18-9-13-8-11-7-12(16)4-5-15(11)19-13/h4-5,7,10,13-14,17H,2-3,6,8-9H2,1H3. The van der Waals surface area contributed by atoms with Crippen molar-refractivity contribution >= 4 is 0 Å². The fourth-order valence-corrected chi connectivity index (χ4v) is 2.85. The number of rotatable bonds is 3. The summed E-state index contributed by atoms with van der Waals surface area (Å²) in [4.78, 5) is 0. The Balaban J connectivity index is 1.53. The lowest BCUT2D eigenvalue weighted by Crippen LogP contribution is -2.45. The third kappa shape index (κ3) is 2.90. The Hall–Kier alpha value is -1.13. The molecule has 0 radical (unpaired) electrons. The van der Waals surface area contributed by atoms with Crippen LogP contribution in [0.15, 0.2) is 18.2 Å². The molecular formula is C15H20FNO2. The van der Waals surface area contributed by atoms with Gasteiger partial charge in [-0.25, -0.2) is 4.39 Å². The quantitative estimate of drug-likeness (QED) is 0.909. The summed E-state index contributed by atoms with van der Waals surface area (Å²) in [7, 11) is 0. The summed E-state index contributed by atoms with van der Waals surface area (Å²) in [5.41, 5.74) is 0.948. The number of fused-ring (bicyclic) bond motifs is 1. The van der Waals surface area contributed by atoms with Crippen molar-refractivity contribution in [2.24, 2.45) is 0 Å². The van der Waals surface area contributed by atoms with Crippen molar-refractivity contribution in [1.82, 2.24) is 5.32 Å². The molecule has 0 amide bonds. The van der Waals surface area contributed by atoms with E-state index in [1.165, 1.54) is 6.07 Å². The Morgan fingerprint density at radius 1 is 1.47 bits per heavy atom. The molecule has 2 heterocycles. The molecule has 3 nitrogen and oxygen atoms in total. The fraction of sp³-hybridized carbons (Fsp3) is 0.600. The largest absolute Gasteiger partial charge is 0.487 e. The zero-order chi connectivity index (χ0) is 13.2. The second-order valence-corrected chi connectivity index (χ2v) is 5.45. The smallest absolute Gasteiger partial charge is 0.126 e. The van der Waals surface area contributed by atoms with Gasteiger partial charge >= 0.3 is 0 Å². The number of nitrogens with one attached hydrogen (secondary N) is 1. The second-order valence-electron chi connectivity index (χ2n) is 5.45. The molecule has 1 aromatic rings. The van der Waals surface area contributed by atoms with E-state index in [9.17, 15) is 4.39 Å². The lowest BCUT2D eigenvalue weighted by atomic mass is 10.0. The highest BCUT2D eigenvalue weighted by atomic mass is 19.1. The van der Waals surface area contributed by atoms with E-state index in [2.05, 4.69) is 12.2 Å². The van der Waals surface area contributed by atoms with E-state index >= 15 is 0 Å². The van der Waals surface area contributed by atoms with Gasteiger partial charge in [-0.05, 0) is 44.5 Å². The SMILES string of the molecule is CC1NCCCC1OCC1Cc2cc(F)ccc2O1. The zero-order valence-electron chi connectivity index (χ0n) is 11.2. The van der Waals surface area contributed by atoms with E-state index in [0.717, 1.165) is 37.1 Å². The molecule has 0 bridgehead atoms. The Kier molecular flexibility index (Phi) is 3.71. The first-order chi connectivity index (χ1) is 9.22. The molecule has 1 N–H and O–H groups in total. The van der Waals surface area contributed by atoms with Crippen LogP contribution in [0.2, 0.25) is 0 Å². The Bertz CT molecular complexity index is 452. The lowest BCUT2D eigenvalue weighted by molar-refractivity contribution is -0.0214. The van der Waals surface area contributed by atoms with Crippen molar-refractivity contribution in [2.75, 3.05) is 13.2 Å². The van der Waals surface area contributed by atoms with Crippen molar-refractivity contribution in [2.45, 2.75) is 44.4 Å². The molecule has 2 aliphatic heterocycles. The highest BCUT2D eigenvalue weighted by Crippen LogP contribution is 2.29. The van der Waals surface area contributed by atoms with Gasteiger partial charge < -0.3 is 14.8 Å². The molecule has 0 spiro atoms. The summed E-state index contributed by atoms with van der Waals surface area (Å²) in [5, 5.41) is 3.42. The molecule has 2 aliphatic rings. The van der Waals surface area contributed by atoms with E-state index in [0.29, 0.717) is 12.6 Å². The summed E-state index contributed by atoms with van der Waals surface area (Å²) in [6, 6.07) is 5.10. The first-order valence-corrected chi connectivity index (χ1v) is 7.02. The minimum absolute atomic E-state index is 0.0194. The van der Waals surface area contributed by atoms with Gasteiger partial charge in [-0.2, -0.15) is 0 Å². The number of piperidine rings is 1. The Labute approximate surface area is 113 Å². The van der Waals surface area contributed by atoms with Gasteiger partial charge in [-0.3, -0.25) is 0 Å². The molecule has 19 heavy (non-hydrogen) atoms. The average Bonchev–Trinajstić information content (AvgIpc) is 2.79. The molecule has 4 heteroatoms. The van der Waals surface area contributed by atoms with Crippen molar-refractivity contribution in [1.29, 1.82) is 0 Å². The number of hydrogen-bond acceptors (Lipinski definition) is 3. The highest BCUT2D eigenvalue weighted by Gasteiger charge is 2.27. The van der Waals surface area contributed by atoms with Crippen molar-refractivity contribution in [3.63, 3.8) is 0 Å². The third-order valence-corrected chi connectivity index (χ3v) is 3.95. The minimum Gasteiger partial charge on any atom is -0.487 e. The summed E-state index contributed by atoms with van der Waals surface area (Å²) in [6.07, 6.45) is 3.28. The fourth-order valence-electron chi connectivity index (χ4n) is 2.85. The van der Waals surface area contributed by atoms with Crippen LogP contribution in [0, 0.1) is 5.82 Å². The van der Waals surface area contributed by atoms with Crippen LogP contribution in [0.25, 0.3) is 0 Å². The van der Waals surface area contributed by atoms with Gasteiger partial charge in [0.25, 0.3) is 0 Å². The molecule has 104 valence electrons. The van der Waals surface area contributed by atoms with Crippen LogP contribution >= 0.6 is 0 Å². The monoisotopic (exact) mass is 265 g/mol. The predicted molar refractivity (Wildman–Crippen MR) is 71.0 cm³/mol. The molecule has 1 aromatic carbocycles. The first kappa shape index (κ1) is 12.9. The van der Waals surface area contributed by atoms with E-state index in [4.69, 9.17) is 9.47 Å². The maximum absolute atomic E-state index is 13.1. The summed E-state index contributed by atoms with van der Waals surface area (Å²) >= 11 is 0. The molecule has 3 rings (SSSR count). The van der Waals surface area contributed by atoms with Crippen LogP contribution in [0.5, 0.6) is 5.75 Å². The van der Waals surface area contributed by atoms with E-state index in [1.54, 1.807) is 12.1 Å². The van der Waals surface area contributed by atoms with Crippen LogP contribution in [-0.2, 0) is 11.2 Å². The van der Waals surface area contributed by atoms with Crippen LogP contribution in [0.3, 0.4) is 0 Å². The first-order valence-electron chi connectivity index (χ1n) is 7.02. The van der Waals surface area contributed by atoms with Crippen LogP contribution < -0.4 is 10.1 Å². The maximum Gasteiger partial charge on any atom is 0.126 e. The van der Waals surface area contributed by atoms with E-state index in [1.807, 2.05) is 0 Å². The van der Waals surface area contributed by atoms with Crippen molar-refractivity contribution < 1.29 is 13.9 Å². The van der Waals surface area contributed by atoms with Gasteiger partial charge in [-0.15, -0.1) is 0 Å². The highest BCUT2D eigenvalue weighted by molar-refractivity contribution is 5.37. The average molecular weight is 265 g/mol. The molecule has 1 fully saturated rings. The lowest BCUT2D eigenvalue weighted by Gasteiger charge is -2.30. The molecule has 3 unspecified atom stereocenters. The summed E-state index contributed by atoms with van der Waals surface area (Å²) in [5.74, 6) is 0.596. The van der Waals surface area contributed by atoms with Gasteiger partial charge in [0, 0.05) is 18.0 Å². The van der Waals surface area contributed by atoms with E-state index in [-0.39, 0.29) is 18.0 Å². The Morgan fingerprint density at radius 2 is 2.37 bits per heavy atom. The second kappa shape index (κ2) is 5.47. The van der Waals surface area contributed by atoms with Gasteiger partial charge in [-0.1, -0.05) is 0 Å². The Morgan fingerprint density at radius 3 is 3.21 bits per heavy atom. The normalized spacial score (nSPS) is 29.9. The molecule has 0 aliphatic carbocycles. The molecular weight excluding hydrogens is 245 g/mol.